The topological polar surface area (TPSA) is 32.3 Å². The van der Waals surface area contributed by atoms with E-state index in [1.54, 1.807) is 0 Å². The van der Waals surface area contributed by atoms with Gasteiger partial charge in [0.2, 0.25) is 0 Å². The highest BCUT2D eigenvalue weighted by Gasteiger charge is 2.15. The minimum atomic E-state index is -0.175. The predicted molar refractivity (Wildman–Crippen MR) is 75.6 cm³/mol. The van der Waals surface area contributed by atoms with Crippen molar-refractivity contribution in [2.45, 2.75) is 58.6 Å². The van der Waals surface area contributed by atoms with Crippen LogP contribution in [-0.2, 0) is 12.0 Å². The largest absolute Gasteiger partial charge is 0.393 e. The van der Waals surface area contributed by atoms with Crippen LogP contribution in [0.15, 0.2) is 12.1 Å². The SMILES string of the molecule is CC(O)CCCNCc1ccc(C(C)(C)C)s1. The zero-order valence-corrected chi connectivity index (χ0v) is 12.2. The van der Waals surface area contributed by atoms with E-state index < -0.39 is 0 Å². The quantitative estimate of drug-likeness (QED) is 0.765. The van der Waals surface area contributed by atoms with Crippen LogP contribution in [0.5, 0.6) is 0 Å². The molecule has 0 fully saturated rings. The molecule has 1 atom stereocenters. The highest BCUT2D eigenvalue weighted by atomic mass is 32.1. The molecular formula is C14H25NOS. The van der Waals surface area contributed by atoms with Crippen LogP contribution in [0, 0.1) is 0 Å². The summed E-state index contributed by atoms with van der Waals surface area (Å²) in [5.41, 5.74) is 0.259. The van der Waals surface area contributed by atoms with Crippen molar-refractivity contribution in [2.24, 2.45) is 0 Å². The lowest BCUT2D eigenvalue weighted by Gasteiger charge is -2.15. The first-order chi connectivity index (χ1) is 7.89. The Hall–Kier alpha value is -0.380. The summed E-state index contributed by atoms with van der Waals surface area (Å²) < 4.78 is 0. The van der Waals surface area contributed by atoms with Gasteiger partial charge in [0.05, 0.1) is 6.10 Å². The molecule has 0 radical (unpaired) electrons. The zero-order chi connectivity index (χ0) is 12.9. The summed E-state index contributed by atoms with van der Waals surface area (Å²) in [6.45, 7) is 10.5. The number of aliphatic hydroxyl groups is 1. The maximum absolute atomic E-state index is 9.14. The lowest BCUT2D eigenvalue weighted by Crippen LogP contribution is -2.15. The number of nitrogens with one attached hydrogen (secondary N) is 1. The Bertz CT molecular complexity index is 325. The van der Waals surface area contributed by atoms with Crippen LogP contribution in [0.2, 0.25) is 0 Å². The third-order valence-corrected chi connectivity index (χ3v) is 4.19. The van der Waals surface area contributed by atoms with Gasteiger partial charge in [-0.25, -0.2) is 0 Å². The van der Waals surface area contributed by atoms with Crippen molar-refractivity contribution in [3.05, 3.63) is 21.9 Å². The van der Waals surface area contributed by atoms with Gasteiger partial charge in [0.15, 0.2) is 0 Å². The van der Waals surface area contributed by atoms with Crippen LogP contribution >= 0.6 is 11.3 Å². The highest BCUT2D eigenvalue weighted by molar-refractivity contribution is 7.12. The normalized spacial score (nSPS) is 13.9. The molecule has 98 valence electrons. The molecule has 2 nitrogen and oxygen atoms in total. The van der Waals surface area contributed by atoms with Crippen LogP contribution in [0.4, 0.5) is 0 Å². The van der Waals surface area contributed by atoms with E-state index in [9.17, 15) is 0 Å². The van der Waals surface area contributed by atoms with Crippen LogP contribution < -0.4 is 5.32 Å². The molecule has 0 aromatic carbocycles. The molecule has 1 heterocycles. The van der Waals surface area contributed by atoms with Crippen molar-refractivity contribution in [3.63, 3.8) is 0 Å². The number of aliphatic hydroxyl groups excluding tert-OH is 1. The van der Waals surface area contributed by atoms with Gasteiger partial charge in [0, 0.05) is 16.3 Å². The van der Waals surface area contributed by atoms with Gasteiger partial charge in [-0.1, -0.05) is 20.8 Å². The molecule has 0 spiro atoms. The minimum absolute atomic E-state index is 0.175. The van der Waals surface area contributed by atoms with E-state index in [-0.39, 0.29) is 11.5 Å². The molecule has 2 N–H and O–H groups in total. The number of rotatable bonds is 6. The minimum Gasteiger partial charge on any atom is -0.393 e. The Morgan fingerprint density at radius 2 is 2.06 bits per heavy atom. The standard InChI is InChI=1S/C14H25NOS/c1-11(16)6-5-9-15-10-12-7-8-13(17-12)14(2,3)4/h7-8,11,15-16H,5-6,9-10H2,1-4H3. The molecule has 0 saturated carbocycles. The second-order valence-corrected chi connectivity index (χ2v) is 6.85. The van der Waals surface area contributed by atoms with Gasteiger partial charge in [0.25, 0.3) is 0 Å². The van der Waals surface area contributed by atoms with Gasteiger partial charge in [-0.3, -0.25) is 0 Å². The molecule has 0 aliphatic rings. The van der Waals surface area contributed by atoms with Gasteiger partial charge >= 0.3 is 0 Å². The third-order valence-electron chi connectivity index (χ3n) is 2.68. The van der Waals surface area contributed by atoms with Crippen LogP contribution in [-0.4, -0.2) is 17.8 Å². The van der Waals surface area contributed by atoms with Gasteiger partial charge in [-0.05, 0) is 43.9 Å². The van der Waals surface area contributed by atoms with E-state index >= 15 is 0 Å². The zero-order valence-electron chi connectivity index (χ0n) is 11.4. The maximum atomic E-state index is 9.14. The third kappa shape index (κ3) is 5.66. The molecule has 0 aliphatic heterocycles. The average Bonchev–Trinajstić information content (AvgIpc) is 2.64. The van der Waals surface area contributed by atoms with Crippen molar-refractivity contribution in [1.29, 1.82) is 0 Å². The van der Waals surface area contributed by atoms with Gasteiger partial charge in [-0.2, -0.15) is 0 Å². The Morgan fingerprint density at radius 3 is 2.59 bits per heavy atom. The Morgan fingerprint density at radius 1 is 1.35 bits per heavy atom. The first-order valence-corrected chi connectivity index (χ1v) is 7.19. The molecule has 1 aromatic heterocycles. The van der Waals surface area contributed by atoms with Crippen molar-refractivity contribution in [2.75, 3.05) is 6.54 Å². The van der Waals surface area contributed by atoms with Gasteiger partial charge < -0.3 is 10.4 Å². The second-order valence-electron chi connectivity index (χ2n) is 5.68. The van der Waals surface area contributed by atoms with Crippen molar-refractivity contribution < 1.29 is 5.11 Å². The molecule has 17 heavy (non-hydrogen) atoms. The van der Waals surface area contributed by atoms with E-state index in [0.29, 0.717) is 0 Å². The summed E-state index contributed by atoms with van der Waals surface area (Å²) in [5.74, 6) is 0. The fraction of sp³-hybridized carbons (Fsp3) is 0.714. The monoisotopic (exact) mass is 255 g/mol. The van der Waals surface area contributed by atoms with E-state index in [4.69, 9.17) is 5.11 Å². The Balaban J connectivity index is 2.26. The number of thiophene rings is 1. The molecule has 0 aliphatic carbocycles. The summed E-state index contributed by atoms with van der Waals surface area (Å²) >= 11 is 1.89. The van der Waals surface area contributed by atoms with E-state index in [1.165, 1.54) is 9.75 Å². The Kier molecular flexibility index (Phi) is 5.63. The average molecular weight is 255 g/mol. The van der Waals surface area contributed by atoms with Crippen molar-refractivity contribution >= 4 is 11.3 Å². The number of hydrogen-bond donors (Lipinski definition) is 2. The van der Waals surface area contributed by atoms with Gasteiger partial charge in [0.1, 0.15) is 0 Å². The first-order valence-electron chi connectivity index (χ1n) is 6.37. The highest BCUT2D eigenvalue weighted by Crippen LogP contribution is 2.29. The fourth-order valence-electron chi connectivity index (χ4n) is 1.61. The summed E-state index contributed by atoms with van der Waals surface area (Å²) in [7, 11) is 0. The molecule has 3 heteroatoms. The second kappa shape index (κ2) is 6.53. The molecule has 0 bridgehead atoms. The molecule has 1 rings (SSSR count). The van der Waals surface area contributed by atoms with Crippen molar-refractivity contribution in [1.82, 2.24) is 5.32 Å². The molecular weight excluding hydrogens is 230 g/mol. The molecule has 0 amide bonds. The first kappa shape index (κ1) is 14.7. The summed E-state index contributed by atoms with van der Waals surface area (Å²) in [6, 6.07) is 4.45. The van der Waals surface area contributed by atoms with E-state index in [0.717, 1.165) is 25.9 Å². The van der Waals surface area contributed by atoms with Crippen LogP contribution in [0.3, 0.4) is 0 Å². The van der Waals surface area contributed by atoms with E-state index in [2.05, 4.69) is 38.2 Å². The summed E-state index contributed by atoms with van der Waals surface area (Å²) in [4.78, 5) is 2.84. The number of hydrogen-bond acceptors (Lipinski definition) is 3. The van der Waals surface area contributed by atoms with E-state index in [1.807, 2.05) is 18.3 Å². The smallest absolute Gasteiger partial charge is 0.0512 e. The van der Waals surface area contributed by atoms with Crippen LogP contribution in [0.1, 0.15) is 50.3 Å². The molecule has 1 aromatic rings. The molecule has 0 saturated heterocycles. The van der Waals surface area contributed by atoms with Gasteiger partial charge in [-0.15, -0.1) is 11.3 Å². The maximum Gasteiger partial charge on any atom is 0.0512 e. The fourth-order valence-corrected chi connectivity index (χ4v) is 2.65. The summed E-state index contributed by atoms with van der Waals surface area (Å²) in [5, 5.41) is 12.6. The predicted octanol–water partition coefficient (Wildman–Crippen LogP) is 3.30. The molecule has 1 unspecified atom stereocenters. The Labute approximate surface area is 109 Å². The summed E-state index contributed by atoms with van der Waals surface area (Å²) in [6.07, 6.45) is 1.74. The van der Waals surface area contributed by atoms with Crippen molar-refractivity contribution in [3.8, 4) is 0 Å². The van der Waals surface area contributed by atoms with Crippen LogP contribution in [0.25, 0.3) is 0 Å². The lowest BCUT2D eigenvalue weighted by atomic mass is 9.95. The lowest BCUT2D eigenvalue weighted by molar-refractivity contribution is 0.181.